The first-order valence-corrected chi connectivity index (χ1v) is 6.63. The smallest absolute Gasteiger partial charge is 0.142 e. The second-order valence-corrected chi connectivity index (χ2v) is 4.45. The summed E-state index contributed by atoms with van der Waals surface area (Å²) in [6.07, 6.45) is 0. The van der Waals surface area contributed by atoms with E-state index in [0.717, 1.165) is 35.8 Å². The number of aryl methyl sites for hydroxylation is 1. The lowest BCUT2D eigenvalue weighted by atomic mass is 10.2. The standard InChI is InChI=1S/C16H20N2O/c1-3-17-11-15-16(10-9-13(2)18-15)19-12-14-7-5-4-6-8-14/h4-10,17H,3,11-12H2,1-2H3. The van der Waals surface area contributed by atoms with Gasteiger partial charge in [-0.3, -0.25) is 4.98 Å². The third-order valence-electron chi connectivity index (χ3n) is 2.85. The first-order chi connectivity index (χ1) is 9.29. The van der Waals surface area contributed by atoms with Crippen LogP contribution in [-0.4, -0.2) is 11.5 Å². The van der Waals surface area contributed by atoms with Gasteiger partial charge in [0.1, 0.15) is 12.4 Å². The molecular weight excluding hydrogens is 236 g/mol. The molecule has 19 heavy (non-hydrogen) atoms. The Morgan fingerprint density at radius 3 is 2.63 bits per heavy atom. The van der Waals surface area contributed by atoms with Crippen molar-refractivity contribution in [2.24, 2.45) is 0 Å². The van der Waals surface area contributed by atoms with E-state index in [4.69, 9.17) is 4.74 Å². The summed E-state index contributed by atoms with van der Waals surface area (Å²) in [7, 11) is 0. The average molecular weight is 256 g/mol. The van der Waals surface area contributed by atoms with Gasteiger partial charge < -0.3 is 10.1 Å². The Balaban J connectivity index is 2.06. The van der Waals surface area contributed by atoms with E-state index in [1.165, 1.54) is 0 Å². The van der Waals surface area contributed by atoms with Gasteiger partial charge in [0.15, 0.2) is 0 Å². The van der Waals surface area contributed by atoms with Crippen molar-refractivity contribution >= 4 is 0 Å². The lowest BCUT2D eigenvalue weighted by Gasteiger charge is -2.12. The van der Waals surface area contributed by atoms with Gasteiger partial charge in [-0.2, -0.15) is 0 Å². The summed E-state index contributed by atoms with van der Waals surface area (Å²) in [5, 5.41) is 3.29. The molecule has 3 heteroatoms. The van der Waals surface area contributed by atoms with Crippen molar-refractivity contribution in [2.45, 2.75) is 27.0 Å². The van der Waals surface area contributed by atoms with Gasteiger partial charge in [0, 0.05) is 12.2 Å². The molecule has 1 heterocycles. The van der Waals surface area contributed by atoms with Crippen LogP contribution in [0.15, 0.2) is 42.5 Å². The van der Waals surface area contributed by atoms with Crippen LogP contribution in [-0.2, 0) is 13.2 Å². The number of ether oxygens (including phenoxy) is 1. The normalized spacial score (nSPS) is 10.4. The zero-order chi connectivity index (χ0) is 13.5. The highest BCUT2D eigenvalue weighted by atomic mass is 16.5. The maximum absolute atomic E-state index is 5.87. The van der Waals surface area contributed by atoms with Crippen LogP contribution in [0.25, 0.3) is 0 Å². The first kappa shape index (κ1) is 13.6. The second-order valence-electron chi connectivity index (χ2n) is 4.45. The molecule has 0 atom stereocenters. The molecule has 0 bridgehead atoms. The van der Waals surface area contributed by atoms with Crippen LogP contribution < -0.4 is 10.1 Å². The first-order valence-electron chi connectivity index (χ1n) is 6.63. The Bertz CT molecular complexity index is 511. The fourth-order valence-electron chi connectivity index (χ4n) is 1.83. The lowest BCUT2D eigenvalue weighted by Crippen LogP contribution is -2.14. The van der Waals surface area contributed by atoms with E-state index in [9.17, 15) is 0 Å². The zero-order valence-electron chi connectivity index (χ0n) is 11.5. The predicted octanol–water partition coefficient (Wildman–Crippen LogP) is 3.08. The van der Waals surface area contributed by atoms with E-state index >= 15 is 0 Å². The highest BCUT2D eigenvalue weighted by Gasteiger charge is 2.05. The summed E-state index contributed by atoms with van der Waals surface area (Å²) in [5.74, 6) is 0.857. The van der Waals surface area contributed by atoms with Crippen LogP contribution in [0.5, 0.6) is 5.75 Å². The van der Waals surface area contributed by atoms with Crippen LogP contribution >= 0.6 is 0 Å². The molecule has 1 aromatic carbocycles. The number of rotatable bonds is 6. The molecule has 0 aliphatic carbocycles. The average Bonchev–Trinajstić information content (AvgIpc) is 2.45. The Kier molecular flexibility index (Phi) is 4.93. The maximum Gasteiger partial charge on any atom is 0.142 e. The van der Waals surface area contributed by atoms with Crippen LogP contribution in [0.4, 0.5) is 0 Å². The minimum atomic E-state index is 0.574. The second kappa shape index (κ2) is 6.90. The monoisotopic (exact) mass is 256 g/mol. The van der Waals surface area contributed by atoms with E-state index in [1.54, 1.807) is 0 Å². The molecule has 0 saturated carbocycles. The van der Waals surface area contributed by atoms with Gasteiger partial charge in [0.2, 0.25) is 0 Å². The third-order valence-corrected chi connectivity index (χ3v) is 2.85. The molecule has 0 fully saturated rings. The van der Waals surface area contributed by atoms with E-state index < -0.39 is 0 Å². The quantitative estimate of drug-likeness (QED) is 0.862. The summed E-state index contributed by atoms with van der Waals surface area (Å²) < 4.78 is 5.87. The van der Waals surface area contributed by atoms with Gasteiger partial charge >= 0.3 is 0 Å². The summed E-state index contributed by atoms with van der Waals surface area (Å²) >= 11 is 0. The highest BCUT2D eigenvalue weighted by Crippen LogP contribution is 2.18. The van der Waals surface area contributed by atoms with Gasteiger partial charge in [-0.05, 0) is 31.2 Å². The molecule has 100 valence electrons. The number of nitrogens with zero attached hydrogens (tertiary/aromatic N) is 1. The van der Waals surface area contributed by atoms with Gasteiger partial charge in [0.05, 0.1) is 5.69 Å². The van der Waals surface area contributed by atoms with Crippen LogP contribution in [0.3, 0.4) is 0 Å². The molecule has 1 aromatic heterocycles. The predicted molar refractivity (Wildman–Crippen MR) is 77.1 cm³/mol. The minimum Gasteiger partial charge on any atom is -0.487 e. The topological polar surface area (TPSA) is 34.2 Å². The fraction of sp³-hybridized carbons (Fsp3) is 0.312. The molecule has 0 unspecified atom stereocenters. The van der Waals surface area contributed by atoms with Gasteiger partial charge in [-0.1, -0.05) is 37.3 Å². The summed E-state index contributed by atoms with van der Waals surface area (Å²) in [4.78, 5) is 4.54. The number of aromatic nitrogens is 1. The number of nitrogens with one attached hydrogen (secondary N) is 1. The minimum absolute atomic E-state index is 0.574. The fourth-order valence-corrected chi connectivity index (χ4v) is 1.83. The number of benzene rings is 1. The Labute approximate surface area is 114 Å². The Morgan fingerprint density at radius 2 is 1.89 bits per heavy atom. The summed E-state index contributed by atoms with van der Waals surface area (Å²) in [6.45, 7) is 6.32. The van der Waals surface area contributed by atoms with Crippen molar-refractivity contribution in [3.8, 4) is 5.75 Å². The molecule has 0 saturated heterocycles. The molecule has 0 spiro atoms. The maximum atomic E-state index is 5.87. The molecule has 0 aliphatic heterocycles. The number of hydrogen-bond acceptors (Lipinski definition) is 3. The van der Waals surface area contributed by atoms with E-state index in [0.29, 0.717) is 6.61 Å². The molecule has 0 aliphatic rings. The molecule has 2 rings (SSSR count). The van der Waals surface area contributed by atoms with E-state index in [-0.39, 0.29) is 0 Å². The van der Waals surface area contributed by atoms with Crippen molar-refractivity contribution in [3.05, 3.63) is 59.4 Å². The number of pyridine rings is 1. The van der Waals surface area contributed by atoms with Gasteiger partial charge in [0.25, 0.3) is 0 Å². The largest absolute Gasteiger partial charge is 0.487 e. The zero-order valence-corrected chi connectivity index (χ0v) is 11.5. The third kappa shape index (κ3) is 4.07. The highest BCUT2D eigenvalue weighted by molar-refractivity contribution is 5.29. The molecule has 0 radical (unpaired) electrons. The van der Waals surface area contributed by atoms with Crippen molar-refractivity contribution in [2.75, 3.05) is 6.54 Å². The van der Waals surface area contributed by atoms with E-state index in [2.05, 4.69) is 29.4 Å². The van der Waals surface area contributed by atoms with Crippen LogP contribution in [0.1, 0.15) is 23.9 Å². The molecule has 0 amide bonds. The van der Waals surface area contributed by atoms with Crippen molar-refractivity contribution in [1.82, 2.24) is 10.3 Å². The Morgan fingerprint density at radius 1 is 1.11 bits per heavy atom. The van der Waals surface area contributed by atoms with Crippen molar-refractivity contribution < 1.29 is 4.74 Å². The van der Waals surface area contributed by atoms with E-state index in [1.807, 2.05) is 37.3 Å². The molecular formula is C16H20N2O. The van der Waals surface area contributed by atoms with Gasteiger partial charge in [-0.25, -0.2) is 0 Å². The van der Waals surface area contributed by atoms with Crippen LogP contribution in [0, 0.1) is 6.92 Å². The Hall–Kier alpha value is -1.87. The summed E-state index contributed by atoms with van der Waals surface area (Å²) in [6, 6.07) is 14.1. The van der Waals surface area contributed by atoms with Crippen molar-refractivity contribution in [3.63, 3.8) is 0 Å². The molecule has 1 N–H and O–H groups in total. The van der Waals surface area contributed by atoms with Crippen molar-refractivity contribution in [1.29, 1.82) is 0 Å². The SMILES string of the molecule is CCNCc1nc(C)ccc1OCc1ccccc1. The number of hydrogen-bond donors (Lipinski definition) is 1. The van der Waals surface area contributed by atoms with Crippen LogP contribution in [0.2, 0.25) is 0 Å². The summed E-state index contributed by atoms with van der Waals surface area (Å²) in [5.41, 5.74) is 3.15. The lowest BCUT2D eigenvalue weighted by molar-refractivity contribution is 0.300. The van der Waals surface area contributed by atoms with Gasteiger partial charge in [-0.15, -0.1) is 0 Å². The molecule has 2 aromatic rings. The molecule has 3 nitrogen and oxygen atoms in total.